The molecule has 2 aliphatic heterocycles. The molecule has 0 saturated carbocycles. The number of nitrogens with one attached hydrogen (secondary N) is 1. The van der Waals surface area contributed by atoms with Crippen molar-refractivity contribution >= 4 is 23.9 Å². The van der Waals surface area contributed by atoms with Gasteiger partial charge in [0.2, 0.25) is 24.1 Å². The molecular weight excluding hydrogens is 578 g/mol. The van der Waals surface area contributed by atoms with Crippen LogP contribution in [0.1, 0.15) is 39.8 Å². The number of rotatable bonds is 11. The summed E-state index contributed by atoms with van der Waals surface area (Å²) in [7, 11) is 3.41. The van der Waals surface area contributed by atoms with Gasteiger partial charge in [-0.3, -0.25) is 14.4 Å². The number of hydrogen-bond donors (Lipinski definition) is 2. The molecule has 3 heterocycles. The number of aliphatic carboxylic acids is 1. The number of halogens is 2. The number of carbonyl (C=O) groups is 4. The van der Waals surface area contributed by atoms with Crippen LogP contribution >= 0.6 is 0 Å². The Labute approximate surface area is 243 Å². The van der Waals surface area contributed by atoms with Crippen LogP contribution in [0.5, 0.6) is 5.75 Å². The smallest absolute Gasteiger partial charge is 0.479 e. The van der Waals surface area contributed by atoms with Crippen molar-refractivity contribution in [1.29, 1.82) is 0 Å². The highest BCUT2D eigenvalue weighted by molar-refractivity contribution is 5.99. The number of aromatic nitrogens is 1. The molecule has 1 fully saturated rings. The molecule has 2 N–H and O–H groups in total. The molecule has 232 valence electrons. The number of hydrogen-bond acceptors (Lipinski definition) is 10. The minimum atomic E-state index is -1.51. The summed E-state index contributed by atoms with van der Waals surface area (Å²) in [6, 6.07) is 2.46. The number of nitrogens with zero attached hydrogens (tertiary/aromatic N) is 3. The summed E-state index contributed by atoms with van der Waals surface area (Å²) >= 11 is 0. The maximum absolute atomic E-state index is 14.1. The van der Waals surface area contributed by atoms with E-state index in [9.17, 15) is 37.9 Å². The number of benzene rings is 1. The average Bonchev–Trinajstić information content (AvgIpc) is 3.31. The molecule has 2 aromatic rings. The molecule has 1 aromatic carbocycles. The first-order valence-corrected chi connectivity index (χ1v) is 13.1. The lowest BCUT2D eigenvalue weighted by molar-refractivity contribution is -0.149. The van der Waals surface area contributed by atoms with Crippen LogP contribution in [0, 0.1) is 11.6 Å². The second-order valence-electron chi connectivity index (χ2n) is 10.2. The van der Waals surface area contributed by atoms with E-state index < -0.39 is 71.4 Å². The van der Waals surface area contributed by atoms with Gasteiger partial charge in [0.1, 0.15) is 17.2 Å². The largest absolute Gasteiger partial charge is 0.512 e. The van der Waals surface area contributed by atoms with Gasteiger partial charge in [-0.1, -0.05) is 6.07 Å². The van der Waals surface area contributed by atoms with Gasteiger partial charge in [-0.25, -0.2) is 18.4 Å². The Hall–Kier alpha value is -4.57. The molecule has 1 aromatic heterocycles. The van der Waals surface area contributed by atoms with E-state index in [1.807, 2.05) is 0 Å². The third kappa shape index (κ3) is 7.09. The minimum Gasteiger partial charge on any atom is -0.479 e. The van der Waals surface area contributed by atoms with Gasteiger partial charge in [0.15, 0.2) is 11.9 Å². The first-order chi connectivity index (χ1) is 20.4. The van der Waals surface area contributed by atoms with Crippen molar-refractivity contribution in [3.63, 3.8) is 0 Å². The summed E-state index contributed by atoms with van der Waals surface area (Å²) in [5, 5.41) is 11.7. The van der Waals surface area contributed by atoms with Crippen LogP contribution in [0.2, 0.25) is 0 Å². The van der Waals surface area contributed by atoms with Crippen molar-refractivity contribution in [1.82, 2.24) is 19.7 Å². The van der Waals surface area contributed by atoms with Crippen molar-refractivity contribution < 1.29 is 52.0 Å². The summed E-state index contributed by atoms with van der Waals surface area (Å²) in [5.41, 5.74) is -1.79. The normalized spacial score (nSPS) is 18.1. The maximum Gasteiger partial charge on any atom is 0.512 e. The van der Waals surface area contributed by atoms with Gasteiger partial charge in [-0.05, 0) is 27.1 Å². The minimum absolute atomic E-state index is 0.0299. The maximum atomic E-state index is 14.1. The molecular formula is C27H30F2N4O10. The third-order valence-electron chi connectivity index (χ3n) is 6.77. The first-order valence-electron chi connectivity index (χ1n) is 13.1. The summed E-state index contributed by atoms with van der Waals surface area (Å²) in [5.74, 6) is -5.30. The molecule has 16 heteroatoms. The summed E-state index contributed by atoms with van der Waals surface area (Å²) in [6.07, 6.45) is -2.49. The predicted molar refractivity (Wildman–Crippen MR) is 141 cm³/mol. The van der Waals surface area contributed by atoms with E-state index in [2.05, 4.69) is 5.32 Å². The highest BCUT2D eigenvalue weighted by atomic mass is 19.1. The number of carboxylic acids is 1. The fraction of sp³-hybridized carbons (Fsp3) is 0.444. The van der Waals surface area contributed by atoms with E-state index in [4.69, 9.17) is 18.9 Å². The van der Waals surface area contributed by atoms with Crippen molar-refractivity contribution in [2.45, 2.75) is 44.8 Å². The van der Waals surface area contributed by atoms with Crippen LogP contribution in [-0.2, 0) is 32.1 Å². The highest BCUT2D eigenvalue weighted by Gasteiger charge is 2.43. The Morgan fingerprint density at radius 3 is 2.65 bits per heavy atom. The number of pyridine rings is 1. The van der Waals surface area contributed by atoms with Gasteiger partial charge in [0.25, 0.3) is 11.8 Å². The summed E-state index contributed by atoms with van der Waals surface area (Å²) < 4.78 is 49.3. The van der Waals surface area contributed by atoms with Crippen molar-refractivity contribution in [2.75, 3.05) is 34.0 Å². The molecule has 0 spiro atoms. The molecule has 1 saturated heterocycles. The van der Waals surface area contributed by atoms with Crippen LogP contribution in [0.4, 0.5) is 13.6 Å². The standard InChI is InChI=1S/C27H30F2N4O10/c1-14-12-40-20-11-32-10-17(24(35)30-9-15-4-5-16(28)8-18(15)29)22(34)23(21(32)25(36)33(14)20)41-13-42-27(39)43-19(26(37)38)6-7-31(2)3/h4-5,8,10,14,19-20H,6-7,9,11-13H2,1-3H3,(H,30,35)(H,37,38)/t14-,19?,20+/m0/s1. The van der Waals surface area contributed by atoms with Crippen LogP contribution in [0.25, 0.3) is 0 Å². The second-order valence-corrected chi connectivity index (χ2v) is 10.2. The van der Waals surface area contributed by atoms with Crippen molar-refractivity contribution in [2.24, 2.45) is 0 Å². The zero-order chi connectivity index (χ0) is 31.4. The van der Waals surface area contributed by atoms with Gasteiger partial charge >= 0.3 is 12.1 Å². The molecule has 0 radical (unpaired) electrons. The predicted octanol–water partition coefficient (Wildman–Crippen LogP) is 1.15. The molecule has 2 amide bonds. The number of fused-ring (bicyclic) bond motifs is 2. The van der Waals surface area contributed by atoms with E-state index in [1.165, 1.54) is 9.47 Å². The van der Waals surface area contributed by atoms with Gasteiger partial charge in [-0.15, -0.1) is 0 Å². The van der Waals surface area contributed by atoms with Crippen molar-refractivity contribution in [3.05, 3.63) is 63.1 Å². The van der Waals surface area contributed by atoms with E-state index in [1.54, 1.807) is 25.9 Å². The van der Waals surface area contributed by atoms with Crippen LogP contribution in [-0.4, -0.2) is 95.8 Å². The molecule has 0 aliphatic carbocycles. The summed E-state index contributed by atoms with van der Waals surface area (Å²) in [6.45, 7) is 0.964. The molecule has 0 bridgehead atoms. The van der Waals surface area contributed by atoms with Crippen molar-refractivity contribution in [3.8, 4) is 5.75 Å². The first kappa shape index (κ1) is 31.4. The molecule has 4 rings (SSSR count). The van der Waals surface area contributed by atoms with Crippen LogP contribution < -0.4 is 15.5 Å². The third-order valence-corrected chi connectivity index (χ3v) is 6.77. The van der Waals surface area contributed by atoms with Gasteiger partial charge in [0.05, 0.1) is 19.2 Å². The van der Waals surface area contributed by atoms with Gasteiger partial charge in [0, 0.05) is 37.3 Å². The van der Waals surface area contributed by atoms with E-state index in [0.717, 1.165) is 18.3 Å². The van der Waals surface area contributed by atoms with E-state index in [0.29, 0.717) is 12.6 Å². The number of carbonyl (C=O) groups excluding carboxylic acids is 3. The number of carboxylic acid groups (broad SMARTS) is 1. The quantitative estimate of drug-likeness (QED) is 0.278. The van der Waals surface area contributed by atoms with Gasteiger partial charge in [-0.2, -0.15) is 0 Å². The lowest BCUT2D eigenvalue weighted by Gasteiger charge is -2.34. The Balaban J connectivity index is 1.56. The fourth-order valence-corrected chi connectivity index (χ4v) is 4.59. The zero-order valence-electron chi connectivity index (χ0n) is 23.5. The fourth-order valence-electron chi connectivity index (χ4n) is 4.59. The van der Waals surface area contributed by atoms with Crippen LogP contribution in [0.15, 0.2) is 29.2 Å². The second kappa shape index (κ2) is 13.2. The Bertz CT molecular complexity index is 1480. The average molecular weight is 609 g/mol. The Morgan fingerprint density at radius 1 is 1.23 bits per heavy atom. The molecule has 1 unspecified atom stereocenters. The molecule has 43 heavy (non-hydrogen) atoms. The molecule has 3 atom stereocenters. The van der Waals surface area contributed by atoms with E-state index in [-0.39, 0.29) is 43.4 Å². The number of ether oxygens (including phenoxy) is 4. The Morgan fingerprint density at radius 2 is 1.98 bits per heavy atom. The Kier molecular flexibility index (Phi) is 9.60. The molecule has 2 aliphatic rings. The topological polar surface area (TPSA) is 166 Å². The zero-order valence-corrected chi connectivity index (χ0v) is 23.5. The lowest BCUT2D eigenvalue weighted by Crippen LogP contribution is -2.49. The monoisotopic (exact) mass is 608 g/mol. The SMILES string of the molecule is C[C@H]1CO[C@@H]2Cn3cc(C(=O)NCc4ccc(F)cc4F)c(=O)c(OCOC(=O)OC(CCN(C)C)C(=O)O)c3C(=O)N12. The molecule has 14 nitrogen and oxygen atoms in total. The summed E-state index contributed by atoms with van der Waals surface area (Å²) in [4.78, 5) is 66.6. The lowest BCUT2D eigenvalue weighted by atomic mass is 10.1. The van der Waals surface area contributed by atoms with Crippen LogP contribution in [0.3, 0.4) is 0 Å². The van der Waals surface area contributed by atoms with E-state index >= 15 is 0 Å². The van der Waals surface area contributed by atoms with Gasteiger partial charge < -0.3 is 43.7 Å². The highest BCUT2D eigenvalue weighted by Crippen LogP contribution is 2.30. The number of amides is 2.